The van der Waals surface area contributed by atoms with Crippen LogP contribution in [0, 0.1) is 11.8 Å². The quantitative estimate of drug-likeness (QED) is 0.731. The van der Waals surface area contributed by atoms with Gasteiger partial charge in [-0.1, -0.05) is 72.8 Å². The molecule has 0 saturated carbocycles. The van der Waals surface area contributed by atoms with Gasteiger partial charge in [-0.2, -0.15) is 0 Å². The average Bonchev–Trinajstić information content (AvgIpc) is 2.77. The number of urea groups is 1. The van der Waals surface area contributed by atoms with Crippen LogP contribution in [0.15, 0.2) is 85.0 Å². The van der Waals surface area contributed by atoms with Gasteiger partial charge in [-0.25, -0.2) is 9.69 Å². The van der Waals surface area contributed by atoms with Crippen LogP contribution < -0.4 is 4.90 Å². The average molecular weight is 386 g/mol. The maximum Gasteiger partial charge on any atom is 0.338 e. The number of amides is 4. The maximum atomic E-state index is 13.2. The van der Waals surface area contributed by atoms with E-state index < -0.39 is 23.8 Å². The lowest BCUT2D eigenvalue weighted by Gasteiger charge is -2.38. The first-order valence-electron chi connectivity index (χ1n) is 9.77. The van der Waals surface area contributed by atoms with Crippen LogP contribution in [0.25, 0.3) is 0 Å². The highest BCUT2D eigenvalue weighted by Gasteiger charge is 2.46. The Kier molecular flexibility index (Phi) is 5.38. The summed E-state index contributed by atoms with van der Waals surface area (Å²) in [5, 5.41) is 0. The zero-order valence-electron chi connectivity index (χ0n) is 16.0. The topological polar surface area (TPSA) is 57.7 Å². The van der Waals surface area contributed by atoms with Gasteiger partial charge in [0.25, 0.3) is 0 Å². The molecule has 0 aromatic heterocycles. The van der Waals surface area contributed by atoms with Crippen molar-refractivity contribution in [1.29, 1.82) is 0 Å². The first-order valence-corrected chi connectivity index (χ1v) is 9.77. The number of carbonyl (C=O) groups is 3. The summed E-state index contributed by atoms with van der Waals surface area (Å²) in [6, 6.07) is 17.7. The van der Waals surface area contributed by atoms with Crippen LogP contribution in [0.1, 0.15) is 12.0 Å². The number of hydrogen-bond acceptors (Lipinski definition) is 3. The second-order valence-corrected chi connectivity index (χ2v) is 7.29. The van der Waals surface area contributed by atoms with Gasteiger partial charge in [-0.15, -0.1) is 0 Å². The van der Waals surface area contributed by atoms with Crippen molar-refractivity contribution in [3.8, 4) is 0 Å². The van der Waals surface area contributed by atoms with Crippen molar-refractivity contribution in [2.45, 2.75) is 12.8 Å². The van der Waals surface area contributed by atoms with Crippen molar-refractivity contribution in [2.24, 2.45) is 11.8 Å². The summed E-state index contributed by atoms with van der Waals surface area (Å²) < 4.78 is 0. The molecule has 1 heterocycles. The molecule has 1 aliphatic heterocycles. The molecule has 2 aliphatic rings. The SMILES string of the molecule is O=C1C(Cc2ccccc2)C(=O)N(c2ccccc2)C(=O)N1CC1C=CC=CC1. The molecule has 2 aromatic rings. The predicted octanol–water partition coefficient (Wildman–Crippen LogP) is 3.97. The number of benzene rings is 2. The van der Waals surface area contributed by atoms with E-state index in [-0.39, 0.29) is 18.9 Å². The van der Waals surface area contributed by atoms with E-state index in [0.29, 0.717) is 5.69 Å². The number of barbiturate groups is 1. The Morgan fingerprint density at radius 1 is 0.828 bits per heavy atom. The fourth-order valence-electron chi connectivity index (χ4n) is 3.77. The van der Waals surface area contributed by atoms with Crippen molar-refractivity contribution in [2.75, 3.05) is 11.4 Å². The van der Waals surface area contributed by atoms with Gasteiger partial charge in [0.2, 0.25) is 11.8 Å². The Morgan fingerprint density at radius 2 is 1.52 bits per heavy atom. The Hall–Kier alpha value is -3.47. The molecule has 4 rings (SSSR count). The zero-order valence-corrected chi connectivity index (χ0v) is 16.0. The normalized spacial score (nSPS) is 21.7. The summed E-state index contributed by atoms with van der Waals surface area (Å²) in [6.45, 7) is 0.264. The molecule has 1 saturated heterocycles. The molecule has 0 spiro atoms. The fourth-order valence-corrected chi connectivity index (χ4v) is 3.77. The minimum absolute atomic E-state index is 0.0519. The van der Waals surface area contributed by atoms with Crippen molar-refractivity contribution in [3.05, 3.63) is 90.5 Å². The van der Waals surface area contributed by atoms with Gasteiger partial charge in [0, 0.05) is 6.54 Å². The summed E-state index contributed by atoms with van der Waals surface area (Å²) in [5.41, 5.74) is 1.37. The number of nitrogens with zero attached hydrogens (tertiary/aromatic N) is 2. The molecule has 4 amide bonds. The van der Waals surface area contributed by atoms with Crippen LogP contribution in [-0.4, -0.2) is 29.3 Å². The van der Waals surface area contributed by atoms with E-state index in [1.165, 1.54) is 4.90 Å². The molecule has 2 atom stereocenters. The molecule has 5 nitrogen and oxygen atoms in total. The highest BCUT2D eigenvalue weighted by Crippen LogP contribution is 2.28. The van der Waals surface area contributed by atoms with E-state index in [1.54, 1.807) is 24.3 Å². The largest absolute Gasteiger partial charge is 0.338 e. The van der Waals surface area contributed by atoms with Crippen LogP contribution in [0.5, 0.6) is 0 Å². The molecule has 2 unspecified atom stereocenters. The molecule has 0 radical (unpaired) electrons. The Labute approximate surface area is 169 Å². The van der Waals surface area contributed by atoms with Gasteiger partial charge in [0.1, 0.15) is 5.92 Å². The Bertz CT molecular complexity index is 966. The third-order valence-electron chi connectivity index (χ3n) is 5.29. The van der Waals surface area contributed by atoms with E-state index in [4.69, 9.17) is 0 Å². The highest BCUT2D eigenvalue weighted by molar-refractivity contribution is 6.27. The second kappa shape index (κ2) is 8.27. The number of anilines is 1. The lowest BCUT2D eigenvalue weighted by atomic mass is 9.93. The van der Waals surface area contributed by atoms with E-state index in [0.717, 1.165) is 16.9 Å². The van der Waals surface area contributed by atoms with Gasteiger partial charge in [0.15, 0.2) is 0 Å². The van der Waals surface area contributed by atoms with Gasteiger partial charge in [-0.3, -0.25) is 14.5 Å². The number of hydrogen-bond donors (Lipinski definition) is 0. The molecule has 5 heteroatoms. The van der Waals surface area contributed by atoms with Crippen molar-refractivity contribution in [3.63, 3.8) is 0 Å². The molecule has 29 heavy (non-hydrogen) atoms. The third kappa shape index (κ3) is 3.90. The lowest BCUT2D eigenvalue weighted by molar-refractivity contribution is -0.141. The molecule has 2 aromatic carbocycles. The Morgan fingerprint density at radius 3 is 2.17 bits per heavy atom. The molecule has 1 aliphatic carbocycles. The lowest BCUT2D eigenvalue weighted by Crippen LogP contribution is -2.61. The summed E-state index contributed by atoms with van der Waals surface area (Å²) in [4.78, 5) is 42.0. The number of para-hydroxylation sites is 1. The second-order valence-electron chi connectivity index (χ2n) is 7.29. The summed E-state index contributed by atoms with van der Waals surface area (Å²) >= 11 is 0. The van der Waals surface area contributed by atoms with Gasteiger partial charge < -0.3 is 0 Å². The van der Waals surface area contributed by atoms with Crippen LogP contribution in [0.3, 0.4) is 0 Å². The van der Waals surface area contributed by atoms with Crippen molar-refractivity contribution in [1.82, 2.24) is 4.90 Å². The summed E-state index contributed by atoms with van der Waals surface area (Å²) in [6.07, 6.45) is 8.92. The summed E-state index contributed by atoms with van der Waals surface area (Å²) in [7, 11) is 0. The first kappa shape index (κ1) is 18.9. The number of carbonyl (C=O) groups excluding carboxylic acids is 3. The zero-order chi connectivity index (χ0) is 20.2. The molecular weight excluding hydrogens is 364 g/mol. The minimum atomic E-state index is -0.918. The molecule has 1 fully saturated rings. The first-order chi connectivity index (χ1) is 14.1. The number of allylic oxidation sites excluding steroid dienone is 3. The van der Waals surface area contributed by atoms with Gasteiger partial charge in [0.05, 0.1) is 5.69 Å². The van der Waals surface area contributed by atoms with E-state index in [2.05, 4.69) is 0 Å². The molecular formula is C24H22N2O3. The van der Waals surface area contributed by atoms with Crippen molar-refractivity contribution >= 4 is 23.5 Å². The highest BCUT2D eigenvalue weighted by atomic mass is 16.2. The van der Waals surface area contributed by atoms with E-state index in [9.17, 15) is 14.4 Å². The summed E-state index contributed by atoms with van der Waals surface area (Å²) in [5.74, 6) is -1.75. The number of rotatable bonds is 5. The van der Waals surface area contributed by atoms with Crippen LogP contribution >= 0.6 is 0 Å². The standard InChI is InChI=1S/C24H22N2O3/c27-22-21(16-18-10-4-1-5-11-18)23(28)26(20-14-8-3-9-15-20)24(29)25(22)17-19-12-6-2-7-13-19/h1-12,14-15,19,21H,13,16-17H2. The molecule has 146 valence electrons. The fraction of sp³-hybridized carbons (Fsp3) is 0.208. The van der Waals surface area contributed by atoms with Crippen LogP contribution in [0.4, 0.5) is 10.5 Å². The molecule has 0 bridgehead atoms. The maximum absolute atomic E-state index is 13.2. The predicted molar refractivity (Wildman–Crippen MR) is 111 cm³/mol. The van der Waals surface area contributed by atoms with Gasteiger partial charge >= 0.3 is 6.03 Å². The number of imide groups is 2. The third-order valence-corrected chi connectivity index (χ3v) is 5.29. The van der Waals surface area contributed by atoms with Crippen LogP contribution in [-0.2, 0) is 16.0 Å². The minimum Gasteiger partial charge on any atom is -0.273 e. The monoisotopic (exact) mass is 386 g/mol. The molecule has 0 N–H and O–H groups in total. The van der Waals surface area contributed by atoms with Gasteiger partial charge in [-0.05, 0) is 36.5 Å². The Balaban J connectivity index is 1.67. The van der Waals surface area contributed by atoms with Crippen LogP contribution in [0.2, 0.25) is 0 Å². The smallest absolute Gasteiger partial charge is 0.273 e. The van der Waals surface area contributed by atoms with E-state index in [1.807, 2.05) is 60.7 Å². The van der Waals surface area contributed by atoms with Crippen molar-refractivity contribution < 1.29 is 14.4 Å². The van der Waals surface area contributed by atoms with E-state index >= 15 is 0 Å².